The van der Waals surface area contributed by atoms with Crippen LogP contribution in [0.15, 0.2) is 64.2 Å². The molecule has 0 spiro atoms. The molecular weight excluding hydrogens is 492 g/mol. The summed E-state index contributed by atoms with van der Waals surface area (Å²) in [5, 5.41) is 4.04. The monoisotopic (exact) mass is 516 g/mol. The van der Waals surface area contributed by atoms with Gasteiger partial charge in [-0.3, -0.25) is 9.10 Å². The van der Waals surface area contributed by atoms with Gasteiger partial charge in [0.25, 0.3) is 5.91 Å². The fraction of sp³-hybridized carbons (Fsp3) is 0.217. The first-order valence-electron chi connectivity index (χ1n) is 9.87. The van der Waals surface area contributed by atoms with Crippen molar-refractivity contribution >= 4 is 43.8 Å². The van der Waals surface area contributed by atoms with Crippen LogP contribution in [-0.2, 0) is 14.8 Å². The molecule has 0 aliphatic rings. The molecule has 9 heteroatoms. The van der Waals surface area contributed by atoms with Gasteiger partial charge in [-0.15, -0.1) is 0 Å². The first kappa shape index (κ1) is 23.7. The number of anilines is 1. The SMILES string of the molecule is Cc1ccc(N(CC(=O)N/N=C\c2cc(C)n(-c3cccc(Br)c3)c2C)S(C)(=O)=O)cc1. The Morgan fingerprint density at radius 2 is 1.81 bits per heavy atom. The minimum absolute atomic E-state index is 0.365. The maximum absolute atomic E-state index is 12.4. The van der Waals surface area contributed by atoms with Crippen molar-refractivity contribution in [2.24, 2.45) is 5.10 Å². The number of amides is 1. The maximum atomic E-state index is 12.4. The van der Waals surface area contributed by atoms with Gasteiger partial charge < -0.3 is 4.57 Å². The highest BCUT2D eigenvalue weighted by molar-refractivity contribution is 9.10. The molecule has 0 radical (unpaired) electrons. The van der Waals surface area contributed by atoms with E-state index in [0.29, 0.717) is 5.69 Å². The van der Waals surface area contributed by atoms with E-state index in [9.17, 15) is 13.2 Å². The number of hydrazone groups is 1. The largest absolute Gasteiger partial charge is 0.318 e. The molecule has 0 fully saturated rings. The van der Waals surface area contributed by atoms with Crippen molar-refractivity contribution in [3.05, 3.63) is 81.6 Å². The van der Waals surface area contributed by atoms with Crippen LogP contribution in [0.3, 0.4) is 0 Å². The highest BCUT2D eigenvalue weighted by Gasteiger charge is 2.20. The maximum Gasteiger partial charge on any atom is 0.260 e. The number of benzene rings is 2. The van der Waals surface area contributed by atoms with Gasteiger partial charge in [0.05, 0.1) is 18.2 Å². The molecule has 2 aromatic carbocycles. The van der Waals surface area contributed by atoms with Crippen LogP contribution in [-0.4, -0.2) is 37.9 Å². The molecule has 1 amide bonds. The van der Waals surface area contributed by atoms with E-state index in [2.05, 4.69) is 31.0 Å². The minimum Gasteiger partial charge on any atom is -0.318 e. The van der Waals surface area contributed by atoms with Gasteiger partial charge in [0.1, 0.15) is 6.54 Å². The summed E-state index contributed by atoms with van der Waals surface area (Å²) in [5.41, 5.74) is 7.70. The number of aryl methyl sites for hydroxylation is 2. The number of aromatic nitrogens is 1. The van der Waals surface area contributed by atoms with Crippen molar-refractivity contribution in [3.63, 3.8) is 0 Å². The van der Waals surface area contributed by atoms with Crippen molar-refractivity contribution in [2.45, 2.75) is 20.8 Å². The van der Waals surface area contributed by atoms with Gasteiger partial charge in [-0.25, -0.2) is 13.8 Å². The second-order valence-corrected chi connectivity index (χ2v) is 10.4. The summed E-state index contributed by atoms with van der Waals surface area (Å²) in [6, 6.07) is 16.9. The predicted molar refractivity (Wildman–Crippen MR) is 132 cm³/mol. The average Bonchev–Trinajstić information content (AvgIpc) is 2.99. The average molecular weight is 517 g/mol. The molecule has 0 atom stereocenters. The molecule has 0 saturated carbocycles. The van der Waals surface area contributed by atoms with Gasteiger partial charge in [0.2, 0.25) is 10.0 Å². The van der Waals surface area contributed by atoms with Gasteiger partial charge in [-0.2, -0.15) is 5.10 Å². The molecule has 1 heterocycles. The topological polar surface area (TPSA) is 83.8 Å². The molecule has 0 aliphatic carbocycles. The molecule has 3 rings (SSSR count). The van der Waals surface area contributed by atoms with E-state index >= 15 is 0 Å². The summed E-state index contributed by atoms with van der Waals surface area (Å²) in [7, 11) is -3.63. The van der Waals surface area contributed by atoms with Gasteiger partial charge >= 0.3 is 0 Å². The number of halogens is 1. The Balaban J connectivity index is 1.73. The summed E-state index contributed by atoms with van der Waals surface area (Å²) in [5.74, 6) is -0.534. The molecule has 32 heavy (non-hydrogen) atoms. The number of rotatable bonds is 7. The van der Waals surface area contributed by atoms with E-state index in [0.717, 1.165) is 43.2 Å². The quantitative estimate of drug-likeness (QED) is 0.379. The summed E-state index contributed by atoms with van der Waals surface area (Å²) >= 11 is 3.49. The van der Waals surface area contributed by atoms with Crippen molar-refractivity contribution in [1.29, 1.82) is 0 Å². The van der Waals surface area contributed by atoms with E-state index in [-0.39, 0.29) is 6.54 Å². The Bertz CT molecular complexity index is 1260. The third kappa shape index (κ3) is 5.66. The molecule has 7 nitrogen and oxygen atoms in total. The summed E-state index contributed by atoms with van der Waals surface area (Å²) in [6.07, 6.45) is 2.63. The number of carbonyl (C=O) groups is 1. The molecule has 168 valence electrons. The van der Waals surface area contributed by atoms with Crippen LogP contribution in [0.2, 0.25) is 0 Å². The molecule has 0 saturated heterocycles. The van der Waals surface area contributed by atoms with Crippen LogP contribution >= 0.6 is 15.9 Å². The van der Waals surface area contributed by atoms with Gasteiger partial charge in [-0.05, 0) is 57.2 Å². The van der Waals surface area contributed by atoms with Crippen LogP contribution in [0.25, 0.3) is 5.69 Å². The Hall–Kier alpha value is -2.91. The Kier molecular flexibility index (Phi) is 7.20. The number of hydrogen-bond donors (Lipinski definition) is 1. The number of nitrogens with zero attached hydrogens (tertiary/aromatic N) is 3. The number of nitrogens with one attached hydrogen (secondary N) is 1. The lowest BCUT2D eigenvalue weighted by Gasteiger charge is -2.21. The zero-order valence-corrected chi connectivity index (χ0v) is 20.7. The highest BCUT2D eigenvalue weighted by Crippen LogP contribution is 2.22. The van der Waals surface area contributed by atoms with Crippen LogP contribution < -0.4 is 9.73 Å². The number of carbonyl (C=O) groups excluding carboxylic acids is 1. The van der Waals surface area contributed by atoms with E-state index in [4.69, 9.17) is 0 Å². The summed E-state index contributed by atoms with van der Waals surface area (Å²) in [6.45, 7) is 5.51. The standard InChI is InChI=1S/C23H25BrN4O3S/c1-16-8-10-21(11-9-16)27(32(4,30)31)15-23(29)26-25-14-19-12-17(2)28(18(19)3)22-7-5-6-20(24)13-22/h5-14H,15H2,1-4H3,(H,26,29)/b25-14-. The second-order valence-electron chi connectivity index (χ2n) is 7.54. The normalized spacial score (nSPS) is 11.7. The Morgan fingerprint density at radius 1 is 1.12 bits per heavy atom. The van der Waals surface area contributed by atoms with E-state index < -0.39 is 15.9 Å². The summed E-state index contributed by atoms with van der Waals surface area (Å²) in [4.78, 5) is 12.4. The van der Waals surface area contributed by atoms with Crippen LogP contribution in [0.4, 0.5) is 5.69 Å². The molecule has 0 aliphatic heterocycles. The Morgan fingerprint density at radius 3 is 2.44 bits per heavy atom. The van der Waals surface area contributed by atoms with Crippen LogP contribution in [0.1, 0.15) is 22.5 Å². The van der Waals surface area contributed by atoms with Gasteiger partial charge in [0, 0.05) is 27.1 Å². The van der Waals surface area contributed by atoms with Crippen LogP contribution in [0.5, 0.6) is 0 Å². The highest BCUT2D eigenvalue weighted by atomic mass is 79.9. The van der Waals surface area contributed by atoms with Gasteiger partial charge in [0.15, 0.2) is 0 Å². The molecule has 0 bridgehead atoms. The second kappa shape index (κ2) is 9.70. The zero-order valence-electron chi connectivity index (χ0n) is 18.3. The van der Waals surface area contributed by atoms with Crippen molar-refractivity contribution in [1.82, 2.24) is 9.99 Å². The lowest BCUT2D eigenvalue weighted by molar-refractivity contribution is -0.119. The third-order valence-corrected chi connectivity index (χ3v) is 6.57. The first-order valence-corrected chi connectivity index (χ1v) is 12.5. The minimum atomic E-state index is -3.63. The number of hydrogen-bond acceptors (Lipinski definition) is 4. The molecule has 1 N–H and O–H groups in total. The lowest BCUT2D eigenvalue weighted by Crippen LogP contribution is -2.39. The van der Waals surface area contributed by atoms with Crippen molar-refractivity contribution in [2.75, 3.05) is 17.1 Å². The molecular formula is C23H25BrN4O3S. The summed E-state index contributed by atoms with van der Waals surface area (Å²) < 4.78 is 28.5. The third-order valence-electron chi connectivity index (χ3n) is 4.94. The van der Waals surface area contributed by atoms with E-state index in [1.165, 1.54) is 0 Å². The smallest absolute Gasteiger partial charge is 0.260 e. The molecule has 3 aromatic rings. The first-order chi connectivity index (χ1) is 15.1. The fourth-order valence-corrected chi connectivity index (χ4v) is 4.63. The lowest BCUT2D eigenvalue weighted by atomic mass is 10.2. The van der Waals surface area contributed by atoms with Crippen molar-refractivity contribution < 1.29 is 13.2 Å². The Labute approximate surface area is 196 Å². The van der Waals surface area contributed by atoms with E-state index in [1.807, 2.05) is 51.1 Å². The predicted octanol–water partition coefficient (Wildman–Crippen LogP) is 4.08. The fourth-order valence-electron chi connectivity index (χ4n) is 3.38. The number of sulfonamides is 1. The van der Waals surface area contributed by atoms with E-state index in [1.54, 1.807) is 30.5 Å². The molecule has 1 aromatic heterocycles. The molecule has 0 unspecified atom stereocenters. The zero-order chi connectivity index (χ0) is 23.5. The van der Waals surface area contributed by atoms with Gasteiger partial charge in [-0.1, -0.05) is 39.7 Å². The van der Waals surface area contributed by atoms with Crippen LogP contribution in [0, 0.1) is 20.8 Å². The van der Waals surface area contributed by atoms with Crippen molar-refractivity contribution in [3.8, 4) is 5.69 Å².